The van der Waals surface area contributed by atoms with Crippen LogP contribution in [0.2, 0.25) is 0 Å². The fourth-order valence-corrected chi connectivity index (χ4v) is 3.09. The van der Waals surface area contributed by atoms with Gasteiger partial charge >= 0.3 is 0 Å². The number of pyridine rings is 1. The summed E-state index contributed by atoms with van der Waals surface area (Å²) in [4.78, 5) is 14.5. The van der Waals surface area contributed by atoms with Crippen molar-refractivity contribution >= 4 is 16.6 Å². The number of benzene rings is 1. The van der Waals surface area contributed by atoms with Crippen LogP contribution in [-0.2, 0) is 7.05 Å². The average Bonchev–Trinajstić information content (AvgIpc) is 2.53. The Kier molecular flexibility index (Phi) is 4.25. The lowest BCUT2D eigenvalue weighted by Gasteiger charge is -2.26. The first-order valence-electron chi connectivity index (χ1n) is 7.81. The van der Waals surface area contributed by atoms with Crippen molar-refractivity contribution in [2.75, 3.05) is 31.5 Å². The number of nitrogens with zero attached hydrogens (tertiary/aromatic N) is 2. The van der Waals surface area contributed by atoms with E-state index >= 15 is 0 Å². The Bertz CT molecular complexity index is 671. The summed E-state index contributed by atoms with van der Waals surface area (Å²) < 4.78 is 1.70. The molecular formula is C17H23N3O. The van der Waals surface area contributed by atoms with Crippen LogP contribution in [0.3, 0.4) is 0 Å². The van der Waals surface area contributed by atoms with Crippen LogP contribution in [-0.4, -0.2) is 35.6 Å². The summed E-state index contributed by atoms with van der Waals surface area (Å²) in [6, 6.07) is 9.75. The molecule has 4 heteroatoms. The summed E-state index contributed by atoms with van der Waals surface area (Å²) in [5.41, 5.74) is 1.96. The minimum atomic E-state index is 0.0363. The molecule has 2 heterocycles. The number of likely N-dealkylation sites (tertiary alicyclic amines) is 1. The topological polar surface area (TPSA) is 37.3 Å². The highest BCUT2D eigenvalue weighted by Crippen LogP contribution is 2.20. The van der Waals surface area contributed by atoms with E-state index < -0.39 is 0 Å². The van der Waals surface area contributed by atoms with Gasteiger partial charge in [-0.25, -0.2) is 0 Å². The summed E-state index contributed by atoms with van der Waals surface area (Å²) in [7, 11) is 1.82. The van der Waals surface area contributed by atoms with Crippen LogP contribution >= 0.6 is 0 Å². The van der Waals surface area contributed by atoms with Gasteiger partial charge in [0.25, 0.3) is 5.56 Å². The highest BCUT2D eigenvalue weighted by molar-refractivity contribution is 5.91. The Morgan fingerprint density at radius 1 is 1.14 bits per heavy atom. The van der Waals surface area contributed by atoms with Crippen molar-refractivity contribution in [1.29, 1.82) is 0 Å². The Labute approximate surface area is 125 Å². The quantitative estimate of drug-likeness (QED) is 0.937. The van der Waals surface area contributed by atoms with E-state index in [2.05, 4.69) is 16.3 Å². The minimum absolute atomic E-state index is 0.0363. The van der Waals surface area contributed by atoms with Crippen LogP contribution in [0.4, 0.5) is 5.69 Å². The molecule has 1 saturated heterocycles. The Balaban J connectivity index is 1.74. The molecule has 1 aliphatic heterocycles. The van der Waals surface area contributed by atoms with Gasteiger partial charge in [0.2, 0.25) is 0 Å². The van der Waals surface area contributed by atoms with E-state index in [1.807, 2.05) is 25.2 Å². The van der Waals surface area contributed by atoms with E-state index in [1.54, 1.807) is 10.6 Å². The summed E-state index contributed by atoms with van der Waals surface area (Å²) in [6.07, 6.45) is 3.99. The predicted octanol–water partition coefficient (Wildman–Crippen LogP) is 2.44. The second kappa shape index (κ2) is 6.31. The fraction of sp³-hybridized carbons (Fsp3) is 0.471. The number of hydrogen-bond acceptors (Lipinski definition) is 3. The van der Waals surface area contributed by atoms with Gasteiger partial charge < -0.3 is 14.8 Å². The number of rotatable bonds is 4. The van der Waals surface area contributed by atoms with Gasteiger partial charge in [0, 0.05) is 37.3 Å². The van der Waals surface area contributed by atoms with Crippen LogP contribution in [0.1, 0.15) is 19.3 Å². The van der Waals surface area contributed by atoms with Crippen molar-refractivity contribution < 1.29 is 0 Å². The van der Waals surface area contributed by atoms with Gasteiger partial charge in [-0.2, -0.15) is 0 Å². The van der Waals surface area contributed by atoms with Crippen LogP contribution in [0, 0.1) is 0 Å². The van der Waals surface area contributed by atoms with E-state index in [4.69, 9.17) is 0 Å². The van der Waals surface area contributed by atoms with Crippen molar-refractivity contribution in [3.8, 4) is 0 Å². The summed E-state index contributed by atoms with van der Waals surface area (Å²) in [6.45, 7) is 4.35. The molecular weight excluding hydrogens is 262 g/mol. The second-order valence-electron chi connectivity index (χ2n) is 5.80. The van der Waals surface area contributed by atoms with Crippen LogP contribution in [0.5, 0.6) is 0 Å². The number of anilines is 1. The van der Waals surface area contributed by atoms with Crippen molar-refractivity contribution in [2.24, 2.45) is 7.05 Å². The molecule has 0 saturated carbocycles. The van der Waals surface area contributed by atoms with E-state index in [-0.39, 0.29) is 5.56 Å². The molecule has 1 aliphatic rings. The summed E-state index contributed by atoms with van der Waals surface area (Å²) in [5, 5.41) is 4.56. The third kappa shape index (κ3) is 3.10. The Morgan fingerprint density at radius 2 is 1.90 bits per heavy atom. The van der Waals surface area contributed by atoms with Gasteiger partial charge in [-0.3, -0.25) is 4.79 Å². The maximum atomic E-state index is 12.0. The Hall–Kier alpha value is -1.81. The normalized spacial score (nSPS) is 16.2. The molecule has 0 amide bonds. The monoisotopic (exact) mass is 285 g/mol. The van der Waals surface area contributed by atoms with Gasteiger partial charge in [-0.05, 0) is 32.0 Å². The molecule has 0 unspecified atom stereocenters. The lowest BCUT2D eigenvalue weighted by Crippen LogP contribution is -2.33. The number of nitrogens with one attached hydrogen (secondary N) is 1. The zero-order chi connectivity index (χ0) is 14.7. The van der Waals surface area contributed by atoms with Crippen molar-refractivity contribution in [3.05, 3.63) is 40.7 Å². The molecule has 1 aromatic carbocycles. The number of aromatic nitrogens is 1. The molecule has 3 rings (SSSR count). The largest absolute Gasteiger partial charge is 0.383 e. The van der Waals surface area contributed by atoms with E-state index in [0.29, 0.717) is 0 Å². The Morgan fingerprint density at radius 3 is 2.71 bits per heavy atom. The molecule has 1 fully saturated rings. The predicted molar refractivity (Wildman–Crippen MR) is 88.0 cm³/mol. The first-order chi connectivity index (χ1) is 10.3. The van der Waals surface area contributed by atoms with Crippen LogP contribution < -0.4 is 10.9 Å². The molecule has 0 radical (unpaired) electrons. The highest BCUT2D eigenvalue weighted by Gasteiger charge is 2.10. The average molecular weight is 285 g/mol. The maximum Gasteiger partial charge on any atom is 0.252 e. The minimum Gasteiger partial charge on any atom is -0.383 e. The fourth-order valence-electron chi connectivity index (χ4n) is 3.09. The van der Waals surface area contributed by atoms with E-state index in [0.717, 1.165) is 29.7 Å². The molecule has 2 aromatic rings. The molecule has 0 bridgehead atoms. The zero-order valence-electron chi connectivity index (χ0n) is 12.6. The second-order valence-corrected chi connectivity index (χ2v) is 5.80. The molecule has 1 aromatic heterocycles. The van der Waals surface area contributed by atoms with Crippen LogP contribution in [0.15, 0.2) is 35.1 Å². The molecule has 0 atom stereocenters. The van der Waals surface area contributed by atoms with E-state index in [9.17, 15) is 4.79 Å². The lowest BCUT2D eigenvalue weighted by molar-refractivity contribution is 0.237. The maximum absolute atomic E-state index is 12.0. The number of aryl methyl sites for hydroxylation is 1. The number of fused-ring (bicyclic) bond motifs is 1. The van der Waals surface area contributed by atoms with Crippen LogP contribution in [0.25, 0.3) is 10.9 Å². The third-order valence-corrected chi connectivity index (χ3v) is 4.35. The van der Waals surface area contributed by atoms with Crippen molar-refractivity contribution in [3.63, 3.8) is 0 Å². The van der Waals surface area contributed by atoms with Gasteiger partial charge in [-0.15, -0.1) is 0 Å². The van der Waals surface area contributed by atoms with Crippen molar-refractivity contribution in [2.45, 2.75) is 19.3 Å². The van der Waals surface area contributed by atoms with Gasteiger partial charge in [0.05, 0.1) is 5.52 Å². The molecule has 4 nitrogen and oxygen atoms in total. The standard InChI is InChI=1S/C17H23N3O/c1-19-16-8-4-3-7-14(16)15(13-17(19)21)18-9-12-20-10-5-2-6-11-20/h3-4,7-8,13,18H,2,5-6,9-12H2,1H3. The molecule has 21 heavy (non-hydrogen) atoms. The van der Waals surface area contributed by atoms with Gasteiger partial charge in [0.15, 0.2) is 0 Å². The first kappa shape index (κ1) is 14.1. The summed E-state index contributed by atoms with van der Waals surface area (Å²) in [5.74, 6) is 0. The molecule has 1 N–H and O–H groups in total. The van der Waals surface area contributed by atoms with Crippen molar-refractivity contribution in [1.82, 2.24) is 9.47 Å². The lowest BCUT2D eigenvalue weighted by atomic mass is 10.1. The molecule has 0 spiro atoms. The van der Waals surface area contributed by atoms with Gasteiger partial charge in [0.1, 0.15) is 0 Å². The van der Waals surface area contributed by atoms with Gasteiger partial charge in [-0.1, -0.05) is 24.6 Å². The summed E-state index contributed by atoms with van der Waals surface area (Å²) >= 11 is 0. The smallest absolute Gasteiger partial charge is 0.252 e. The highest BCUT2D eigenvalue weighted by atomic mass is 16.1. The molecule has 112 valence electrons. The molecule has 0 aliphatic carbocycles. The third-order valence-electron chi connectivity index (χ3n) is 4.35. The number of piperidine rings is 1. The number of hydrogen-bond donors (Lipinski definition) is 1. The number of para-hydroxylation sites is 1. The zero-order valence-corrected chi connectivity index (χ0v) is 12.6. The van der Waals surface area contributed by atoms with E-state index in [1.165, 1.54) is 32.4 Å². The SMILES string of the molecule is Cn1c(=O)cc(NCCN2CCCCC2)c2ccccc21. The first-order valence-corrected chi connectivity index (χ1v) is 7.81.